The zero-order chi connectivity index (χ0) is 15.7. The lowest BCUT2D eigenvalue weighted by Crippen LogP contribution is -2.58. The molecular weight excluding hydrogens is 286 g/mol. The van der Waals surface area contributed by atoms with Crippen molar-refractivity contribution in [2.24, 2.45) is 11.8 Å². The molecule has 2 aliphatic rings. The molecule has 2 fully saturated rings. The summed E-state index contributed by atoms with van der Waals surface area (Å²) in [5.74, 6) is 0.531. The number of rotatable bonds is 3. The van der Waals surface area contributed by atoms with Gasteiger partial charge in [0.25, 0.3) is 0 Å². The Labute approximate surface area is 137 Å². The van der Waals surface area contributed by atoms with Crippen molar-refractivity contribution in [2.45, 2.75) is 31.4 Å². The van der Waals surface area contributed by atoms with Gasteiger partial charge < -0.3 is 5.11 Å². The average Bonchev–Trinajstić information content (AvgIpc) is 2.58. The molecule has 1 saturated heterocycles. The molecule has 0 amide bonds. The molecule has 4 rings (SSSR count). The quantitative estimate of drug-likeness (QED) is 0.947. The van der Waals surface area contributed by atoms with Crippen LogP contribution in [-0.4, -0.2) is 33.1 Å². The molecule has 23 heavy (non-hydrogen) atoms. The van der Waals surface area contributed by atoms with Crippen LogP contribution in [0.4, 0.5) is 0 Å². The highest BCUT2D eigenvalue weighted by Gasteiger charge is 2.52. The van der Waals surface area contributed by atoms with E-state index in [4.69, 9.17) is 0 Å². The molecule has 2 aromatic rings. The van der Waals surface area contributed by atoms with Crippen LogP contribution in [0, 0.1) is 11.8 Å². The van der Waals surface area contributed by atoms with Crippen LogP contribution in [0.1, 0.15) is 30.5 Å². The largest absolute Gasteiger partial charge is 0.383 e. The lowest BCUT2D eigenvalue weighted by molar-refractivity contribution is -0.151. The van der Waals surface area contributed by atoms with Gasteiger partial charge in [-0.25, -0.2) is 0 Å². The first-order valence-electron chi connectivity index (χ1n) is 8.52. The van der Waals surface area contributed by atoms with E-state index in [1.807, 2.05) is 36.7 Å². The minimum Gasteiger partial charge on any atom is -0.383 e. The van der Waals surface area contributed by atoms with E-state index >= 15 is 0 Å². The van der Waals surface area contributed by atoms with E-state index in [-0.39, 0.29) is 11.8 Å². The lowest BCUT2D eigenvalue weighted by atomic mass is 9.64. The van der Waals surface area contributed by atoms with Crippen LogP contribution in [0.2, 0.25) is 0 Å². The summed E-state index contributed by atoms with van der Waals surface area (Å²) < 4.78 is 0. The highest BCUT2D eigenvalue weighted by molar-refractivity contribution is 5.20. The van der Waals surface area contributed by atoms with Crippen LogP contribution in [0.25, 0.3) is 0 Å². The van der Waals surface area contributed by atoms with Gasteiger partial charge in [-0.15, -0.1) is 0 Å². The molecular formula is C19H23N3O. The van der Waals surface area contributed by atoms with Crippen molar-refractivity contribution in [3.63, 3.8) is 0 Å². The summed E-state index contributed by atoms with van der Waals surface area (Å²) in [4.78, 5) is 11.2. The second-order valence-corrected chi connectivity index (χ2v) is 6.92. The van der Waals surface area contributed by atoms with Gasteiger partial charge in [0.1, 0.15) is 5.60 Å². The van der Waals surface area contributed by atoms with Gasteiger partial charge in [-0.05, 0) is 36.6 Å². The molecule has 2 unspecified atom stereocenters. The Morgan fingerprint density at radius 2 is 1.91 bits per heavy atom. The summed E-state index contributed by atoms with van der Waals surface area (Å²) >= 11 is 0. The van der Waals surface area contributed by atoms with E-state index in [9.17, 15) is 5.11 Å². The third-order valence-corrected chi connectivity index (χ3v) is 5.51. The normalized spacial score (nSPS) is 31.0. The minimum atomic E-state index is -0.759. The molecule has 1 aliphatic heterocycles. The molecule has 4 nitrogen and oxygen atoms in total. The van der Waals surface area contributed by atoms with Gasteiger partial charge in [0.2, 0.25) is 0 Å². The van der Waals surface area contributed by atoms with E-state index in [0.717, 1.165) is 38.2 Å². The second-order valence-electron chi connectivity index (χ2n) is 6.92. The van der Waals surface area contributed by atoms with Crippen LogP contribution in [-0.2, 0) is 12.1 Å². The molecule has 1 aliphatic carbocycles. The minimum absolute atomic E-state index is 0.265. The van der Waals surface area contributed by atoms with E-state index in [1.165, 1.54) is 12.0 Å². The molecule has 1 N–H and O–H groups in total. The van der Waals surface area contributed by atoms with Gasteiger partial charge in [-0.3, -0.25) is 14.9 Å². The topological polar surface area (TPSA) is 49.3 Å². The summed E-state index contributed by atoms with van der Waals surface area (Å²) in [7, 11) is 0. The molecule has 0 radical (unpaired) electrons. The van der Waals surface area contributed by atoms with Gasteiger partial charge in [0.05, 0.1) is 5.69 Å². The van der Waals surface area contributed by atoms with Gasteiger partial charge in [0.15, 0.2) is 0 Å². The predicted octanol–water partition coefficient (Wildman–Crippen LogP) is 2.60. The monoisotopic (exact) mass is 309 g/mol. The van der Waals surface area contributed by atoms with E-state index in [0.29, 0.717) is 0 Å². The molecule has 3 heterocycles. The maximum Gasteiger partial charge on any atom is 0.114 e. The molecule has 1 saturated carbocycles. The van der Waals surface area contributed by atoms with Crippen LogP contribution >= 0.6 is 0 Å². The number of pyridine rings is 2. The fourth-order valence-corrected chi connectivity index (χ4v) is 4.44. The number of aliphatic hydroxyl groups is 1. The van der Waals surface area contributed by atoms with Crippen LogP contribution in [0.3, 0.4) is 0 Å². The fourth-order valence-electron chi connectivity index (χ4n) is 4.44. The van der Waals surface area contributed by atoms with Gasteiger partial charge in [-0.2, -0.15) is 0 Å². The van der Waals surface area contributed by atoms with E-state index in [1.54, 1.807) is 6.20 Å². The first kappa shape index (κ1) is 14.8. The smallest absolute Gasteiger partial charge is 0.114 e. The van der Waals surface area contributed by atoms with E-state index < -0.39 is 5.60 Å². The van der Waals surface area contributed by atoms with Crippen molar-refractivity contribution in [3.05, 3.63) is 60.2 Å². The summed E-state index contributed by atoms with van der Waals surface area (Å²) in [6, 6.07) is 10.0. The van der Waals surface area contributed by atoms with Crippen LogP contribution in [0.5, 0.6) is 0 Å². The fraction of sp³-hybridized carbons (Fsp3) is 0.474. The number of nitrogens with zero attached hydrogens (tertiary/aromatic N) is 3. The zero-order valence-corrected chi connectivity index (χ0v) is 13.3. The molecule has 0 spiro atoms. The Morgan fingerprint density at radius 3 is 2.57 bits per heavy atom. The Morgan fingerprint density at radius 1 is 1.09 bits per heavy atom. The predicted molar refractivity (Wildman–Crippen MR) is 88.5 cm³/mol. The van der Waals surface area contributed by atoms with Gasteiger partial charge in [-0.1, -0.05) is 18.6 Å². The lowest BCUT2D eigenvalue weighted by Gasteiger charge is -2.52. The molecule has 0 aromatic carbocycles. The summed E-state index contributed by atoms with van der Waals surface area (Å²) in [6.07, 6.45) is 8.92. The maximum absolute atomic E-state index is 11.5. The van der Waals surface area contributed by atoms with Crippen molar-refractivity contribution in [1.82, 2.24) is 14.9 Å². The Kier molecular flexibility index (Phi) is 3.87. The first-order valence-corrected chi connectivity index (χ1v) is 8.52. The number of fused-ring (bicyclic) bond motifs is 2. The third-order valence-electron chi connectivity index (χ3n) is 5.51. The summed E-state index contributed by atoms with van der Waals surface area (Å²) in [5, 5.41) is 11.5. The van der Waals surface area contributed by atoms with Gasteiger partial charge in [0, 0.05) is 50.1 Å². The van der Waals surface area contributed by atoms with E-state index in [2.05, 4.69) is 20.9 Å². The molecule has 2 bridgehead atoms. The molecule has 2 atom stereocenters. The molecule has 120 valence electrons. The SMILES string of the molecule is OC1(c2ccccn2)C2CCCC1CN(Cc1cccnc1)C2. The number of likely N-dealkylation sites (tertiary alicyclic amines) is 1. The second kappa shape index (κ2) is 6.02. The van der Waals surface area contributed by atoms with Crippen molar-refractivity contribution in [1.29, 1.82) is 0 Å². The highest BCUT2D eigenvalue weighted by Crippen LogP contribution is 2.48. The zero-order valence-electron chi connectivity index (χ0n) is 13.3. The summed E-state index contributed by atoms with van der Waals surface area (Å²) in [6.45, 7) is 2.77. The van der Waals surface area contributed by atoms with Crippen LogP contribution in [0.15, 0.2) is 48.9 Å². The van der Waals surface area contributed by atoms with Crippen LogP contribution < -0.4 is 0 Å². The number of hydrogen-bond acceptors (Lipinski definition) is 4. The Balaban J connectivity index is 1.57. The average molecular weight is 309 g/mol. The number of piperidine rings is 1. The number of aromatic nitrogens is 2. The molecule has 2 aromatic heterocycles. The van der Waals surface area contributed by atoms with Crippen molar-refractivity contribution in [2.75, 3.05) is 13.1 Å². The first-order chi connectivity index (χ1) is 11.3. The molecule has 4 heteroatoms. The standard InChI is InChI=1S/C19H23N3O/c23-19(18-8-1-2-10-21-18)16-6-3-7-17(19)14-22(13-16)12-15-5-4-9-20-11-15/h1-2,4-5,8-11,16-17,23H,3,6-7,12-14H2. The Bertz CT molecular complexity index is 632. The summed E-state index contributed by atoms with van der Waals surface area (Å²) in [5.41, 5.74) is 1.34. The highest BCUT2D eigenvalue weighted by atomic mass is 16.3. The maximum atomic E-state index is 11.5. The van der Waals surface area contributed by atoms with Crippen molar-refractivity contribution < 1.29 is 5.11 Å². The van der Waals surface area contributed by atoms with Gasteiger partial charge >= 0.3 is 0 Å². The van der Waals surface area contributed by atoms with Crippen molar-refractivity contribution >= 4 is 0 Å². The number of hydrogen-bond donors (Lipinski definition) is 1. The van der Waals surface area contributed by atoms with Crippen molar-refractivity contribution in [3.8, 4) is 0 Å². The Hall–Kier alpha value is -1.78. The third kappa shape index (κ3) is 2.66.